The molecule has 0 saturated heterocycles. The molecule has 0 aliphatic carbocycles. The summed E-state index contributed by atoms with van der Waals surface area (Å²) in [7, 11) is 1.60. The molecule has 6 nitrogen and oxygen atoms in total. The lowest BCUT2D eigenvalue weighted by molar-refractivity contribution is -0.137. The summed E-state index contributed by atoms with van der Waals surface area (Å²) in [5, 5.41) is 15.9. The van der Waals surface area contributed by atoms with Gasteiger partial charge in [-0.3, -0.25) is 5.10 Å². The molecule has 1 heterocycles. The van der Waals surface area contributed by atoms with E-state index in [1.54, 1.807) is 20.2 Å². The molecule has 22 heavy (non-hydrogen) atoms. The lowest BCUT2D eigenvalue weighted by Crippen LogP contribution is -2.06. The second-order valence-electron chi connectivity index (χ2n) is 4.32. The van der Waals surface area contributed by atoms with Crippen molar-refractivity contribution in [3.8, 4) is 23.1 Å². The fraction of sp³-hybridized carbons (Fsp3) is 0.188. The Morgan fingerprint density at radius 1 is 1.41 bits per heavy atom. The van der Waals surface area contributed by atoms with Crippen molar-refractivity contribution in [3.05, 3.63) is 41.6 Å². The topological polar surface area (TPSA) is 88.0 Å². The summed E-state index contributed by atoms with van der Waals surface area (Å²) in [6.45, 7) is 1.90. The molecule has 1 N–H and O–H groups in total. The van der Waals surface area contributed by atoms with Crippen molar-refractivity contribution in [1.82, 2.24) is 10.2 Å². The van der Waals surface area contributed by atoms with Crippen LogP contribution >= 0.6 is 0 Å². The maximum atomic E-state index is 11.7. The normalized spacial score (nSPS) is 10.9. The Morgan fingerprint density at radius 2 is 2.14 bits per heavy atom. The van der Waals surface area contributed by atoms with Crippen LogP contribution < -0.4 is 4.74 Å². The summed E-state index contributed by atoms with van der Waals surface area (Å²) in [5.74, 6) is 0.0940. The van der Waals surface area contributed by atoms with E-state index >= 15 is 0 Å². The van der Waals surface area contributed by atoms with Gasteiger partial charge in [-0.25, -0.2) is 4.79 Å². The van der Waals surface area contributed by atoms with Crippen LogP contribution in [0.4, 0.5) is 0 Å². The molecule has 6 heteroatoms. The van der Waals surface area contributed by atoms with Crippen LogP contribution in [0.2, 0.25) is 0 Å². The van der Waals surface area contributed by atoms with E-state index in [2.05, 4.69) is 10.2 Å². The van der Waals surface area contributed by atoms with E-state index in [1.165, 1.54) is 6.08 Å². The quantitative estimate of drug-likeness (QED) is 0.520. The molecule has 0 bridgehead atoms. The van der Waals surface area contributed by atoms with Crippen molar-refractivity contribution in [2.24, 2.45) is 0 Å². The Hall–Kier alpha value is -3.07. The van der Waals surface area contributed by atoms with Crippen molar-refractivity contribution in [1.29, 1.82) is 5.26 Å². The SMILES string of the molecule is CCOC(=O)C(C#N)=Cc1cn[nH]c1-c1ccc(OC)cc1. The molecule has 112 valence electrons. The van der Waals surface area contributed by atoms with Crippen LogP contribution in [0.3, 0.4) is 0 Å². The van der Waals surface area contributed by atoms with Gasteiger partial charge < -0.3 is 9.47 Å². The number of nitrogens with zero attached hydrogens (tertiary/aromatic N) is 2. The van der Waals surface area contributed by atoms with Gasteiger partial charge in [-0.15, -0.1) is 0 Å². The average Bonchev–Trinajstić information content (AvgIpc) is 3.01. The summed E-state index contributed by atoms with van der Waals surface area (Å²) < 4.78 is 9.96. The van der Waals surface area contributed by atoms with E-state index < -0.39 is 5.97 Å². The molecule has 0 unspecified atom stereocenters. The highest BCUT2D eigenvalue weighted by molar-refractivity contribution is 5.98. The first-order valence-electron chi connectivity index (χ1n) is 6.66. The Balaban J connectivity index is 2.36. The predicted molar refractivity (Wildman–Crippen MR) is 80.8 cm³/mol. The van der Waals surface area contributed by atoms with Gasteiger partial charge in [0, 0.05) is 11.1 Å². The van der Waals surface area contributed by atoms with E-state index in [4.69, 9.17) is 14.7 Å². The van der Waals surface area contributed by atoms with E-state index in [9.17, 15) is 4.79 Å². The number of hydrogen-bond donors (Lipinski definition) is 1. The van der Waals surface area contributed by atoms with Gasteiger partial charge >= 0.3 is 5.97 Å². The zero-order valence-corrected chi connectivity index (χ0v) is 12.3. The Morgan fingerprint density at radius 3 is 2.73 bits per heavy atom. The van der Waals surface area contributed by atoms with Crippen LogP contribution in [0.15, 0.2) is 36.0 Å². The van der Waals surface area contributed by atoms with Crippen LogP contribution in [0.1, 0.15) is 12.5 Å². The van der Waals surface area contributed by atoms with Crippen molar-refractivity contribution < 1.29 is 14.3 Å². The number of carbonyl (C=O) groups excluding carboxylic acids is 1. The van der Waals surface area contributed by atoms with Gasteiger partial charge in [-0.05, 0) is 37.3 Å². The predicted octanol–water partition coefficient (Wildman–Crippen LogP) is 2.56. The highest BCUT2D eigenvalue weighted by Gasteiger charge is 2.13. The van der Waals surface area contributed by atoms with Gasteiger partial charge in [0.1, 0.15) is 17.4 Å². The third-order valence-electron chi connectivity index (χ3n) is 2.96. The molecule has 0 aliphatic heterocycles. The molecule has 0 fully saturated rings. The van der Waals surface area contributed by atoms with Crippen molar-refractivity contribution in [2.75, 3.05) is 13.7 Å². The van der Waals surface area contributed by atoms with Gasteiger partial charge in [0.05, 0.1) is 25.6 Å². The lowest BCUT2D eigenvalue weighted by atomic mass is 10.1. The molecule has 1 aromatic carbocycles. The van der Waals surface area contributed by atoms with Crippen LogP contribution in [0, 0.1) is 11.3 Å². The Labute approximate surface area is 128 Å². The van der Waals surface area contributed by atoms with Crippen molar-refractivity contribution in [2.45, 2.75) is 6.92 Å². The maximum Gasteiger partial charge on any atom is 0.348 e. The Kier molecular flexibility index (Phi) is 4.94. The van der Waals surface area contributed by atoms with Crippen LogP contribution in [-0.4, -0.2) is 29.9 Å². The number of aromatic nitrogens is 2. The number of rotatable bonds is 5. The molecule has 0 aliphatic rings. The third kappa shape index (κ3) is 3.33. The van der Waals surface area contributed by atoms with E-state index in [-0.39, 0.29) is 12.2 Å². The number of methoxy groups -OCH3 is 1. The fourth-order valence-electron chi connectivity index (χ4n) is 1.89. The number of carbonyl (C=O) groups is 1. The molecule has 1 aromatic heterocycles. The van der Waals surface area contributed by atoms with Crippen molar-refractivity contribution in [3.63, 3.8) is 0 Å². The number of ether oxygens (including phenoxy) is 2. The van der Waals surface area contributed by atoms with Crippen molar-refractivity contribution >= 4 is 12.0 Å². The fourth-order valence-corrected chi connectivity index (χ4v) is 1.89. The number of benzene rings is 1. The molecule has 0 radical (unpaired) electrons. The minimum absolute atomic E-state index is 0.0713. The first-order chi connectivity index (χ1) is 10.7. The zero-order valence-electron chi connectivity index (χ0n) is 12.3. The first kappa shape index (κ1) is 15.3. The van der Waals surface area contributed by atoms with Gasteiger partial charge in [-0.1, -0.05) is 0 Å². The highest BCUT2D eigenvalue weighted by atomic mass is 16.5. The first-order valence-corrected chi connectivity index (χ1v) is 6.66. The molecular weight excluding hydrogens is 282 g/mol. The standard InChI is InChI=1S/C16H15N3O3/c1-3-22-16(20)12(9-17)8-13-10-18-19-15(13)11-4-6-14(21-2)7-5-11/h4-8,10H,3H2,1-2H3,(H,18,19). The molecule has 0 atom stereocenters. The van der Waals surface area contributed by atoms with Crippen LogP contribution in [-0.2, 0) is 9.53 Å². The largest absolute Gasteiger partial charge is 0.497 e. The number of esters is 1. The van der Waals surface area contributed by atoms with Gasteiger partial charge in [0.2, 0.25) is 0 Å². The summed E-state index contributed by atoms with van der Waals surface area (Å²) in [4.78, 5) is 11.7. The van der Waals surface area contributed by atoms with Gasteiger partial charge in [-0.2, -0.15) is 10.4 Å². The smallest absolute Gasteiger partial charge is 0.348 e. The zero-order chi connectivity index (χ0) is 15.9. The number of H-pyrrole nitrogens is 1. The van der Waals surface area contributed by atoms with E-state index in [0.29, 0.717) is 11.3 Å². The third-order valence-corrected chi connectivity index (χ3v) is 2.96. The molecule has 2 rings (SSSR count). The monoisotopic (exact) mass is 297 g/mol. The second kappa shape index (κ2) is 7.09. The molecule has 0 amide bonds. The molecular formula is C16H15N3O3. The highest BCUT2D eigenvalue weighted by Crippen LogP contribution is 2.25. The lowest BCUT2D eigenvalue weighted by Gasteiger charge is -2.03. The summed E-state index contributed by atoms with van der Waals surface area (Å²) in [6, 6.07) is 9.21. The average molecular weight is 297 g/mol. The number of hydrogen-bond acceptors (Lipinski definition) is 5. The van der Waals surface area contributed by atoms with Crippen LogP contribution in [0.25, 0.3) is 17.3 Å². The van der Waals surface area contributed by atoms with E-state index in [0.717, 1.165) is 11.3 Å². The second-order valence-corrected chi connectivity index (χ2v) is 4.32. The molecule has 2 aromatic rings. The molecule has 0 saturated carbocycles. The van der Waals surface area contributed by atoms with Crippen LogP contribution in [0.5, 0.6) is 5.75 Å². The summed E-state index contributed by atoms with van der Waals surface area (Å²) >= 11 is 0. The number of nitriles is 1. The Bertz CT molecular complexity index is 724. The molecule has 0 spiro atoms. The number of aromatic amines is 1. The van der Waals surface area contributed by atoms with Gasteiger partial charge in [0.25, 0.3) is 0 Å². The van der Waals surface area contributed by atoms with Gasteiger partial charge in [0.15, 0.2) is 0 Å². The summed E-state index contributed by atoms with van der Waals surface area (Å²) in [6.07, 6.45) is 3.01. The maximum absolute atomic E-state index is 11.7. The van der Waals surface area contributed by atoms with E-state index in [1.807, 2.05) is 30.3 Å². The minimum atomic E-state index is -0.646. The number of nitrogens with one attached hydrogen (secondary N) is 1. The summed E-state index contributed by atoms with van der Waals surface area (Å²) in [5.41, 5.74) is 2.14. The minimum Gasteiger partial charge on any atom is -0.497 e.